The van der Waals surface area contributed by atoms with Crippen LogP contribution in [-0.2, 0) is 20.7 Å². The van der Waals surface area contributed by atoms with Crippen molar-refractivity contribution in [1.29, 1.82) is 0 Å². The Morgan fingerprint density at radius 2 is 2.08 bits per heavy atom. The molecule has 6 heteroatoms. The van der Waals surface area contributed by atoms with E-state index in [2.05, 4.69) is 5.32 Å². The van der Waals surface area contributed by atoms with E-state index in [9.17, 15) is 9.59 Å². The van der Waals surface area contributed by atoms with E-state index in [1.807, 2.05) is 36.1 Å². The van der Waals surface area contributed by atoms with Crippen LogP contribution in [0, 0.1) is 5.92 Å². The molecule has 1 N–H and O–H groups in total. The molecule has 26 heavy (non-hydrogen) atoms. The number of carbonyl (C=O) groups excluding carboxylic acids is 2. The van der Waals surface area contributed by atoms with Gasteiger partial charge in [0.25, 0.3) is 0 Å². The largest absolute Gasteiger partial charge is 0.497 e. The fourth-order valence-corrected chi connectivity index (χ4v) is 3.08. The average molecular weight is 362 g/mol. The molecule has 1 unspecified atom stereocenters. The summed E-state index contributed by atoms with van der Waals surface area (Å²) < 4.78 is 10.4. The Kier molecular flexibility index (Phi) is 8.41. The third-order valence-corrected chi connectivity index (χ3v) is 4.67. The van der Waals surface area contributed by atoms with E-state index in [4.69, 9.17) is 9.47 Å². The number of benzene rings is 1. The molecule has 0 saturated carbocycles. The molecule has 0 aromatic heterocycles. The van der Waals surface area contributed by atoms with Gasteiger partial charge in [-0.3, -0.25) is 9.59 Å². The topological polar surface area (TPSA) is 67.9 Å². The summed E-state index contributed by atoms with van der Waals surface area (Å²) in [5.41, 5.74) is 1.15. The molecule has 0 spiro atoms. The number of hydrogen-bond donors (Lipinski definition) is 1. The zero-order valence-corrected chi connectivity index (χ0v) is 15.8. The second-order valence-electron chi connectivity index (χ2n) is 6.51. The SMILES string of the molecule is CCOCCCNC(=O)C1CCC(=O)N(CCc2ccc(OC)cc2)C1. The average Bonchev–Trinajstić information content (AvgIpc) is 2.67. The van der Waals surface area contributed by atoms with Gasteiger partial charge in [0.15, 0.2) is 0 Å². The smallest absolute Gasteiger partial charge is 0.224 e. The summed E-state index contributed by atoms with van der Waals surface area (Å²) in [5.74, 6) is 0.891. The quantitative estimate of drug-likeness (QED) is 0.647. The van der Waals surface area contributed by atoms with Crippen LogP contribution in [0.3, 0.4) is 0 Å². The Morgan fingerprint density at radius 1 is 1.31 bits per heavy atom. The van der Waals surface area contributed by atoms with Gasteiger partial charge < -0.3 is 19.7 Å². The van der Waals surface area contributed by atoms with Crippen molar-refractivity contribution >= 4 is 11.8 Å². The van der Waals surface area contributed by atoms with Crippen LogP contribution in [0.4, 0.5) is 0 Å². The number of ether oxygens (including phenoxy) is 2. The number of methoxy groups -OCH3 is 1. The maximum Gasteiger partial charge on any atom is 0.224 e. The fourth-order valence-electron chi connectivity index (χ4n) is 3.08. The van der Waals surface area contributed by atoms with Crippen LogP contribution in [0.15, 0.2) is 24.3 Å². The molecule has 0 aliphatic carbocycles. The summed E-state index contributed by atoms with van der Waals surface area (Å²) >= 11 is 0. The molecule has 1 aliphatic rings. The lowest BCUT2D eigenvalue weighted by Gasteiger charge is -2.32. The number of likely N-dealkylation sites (tertiary alicyclic amines) is 1. The first-order valence-electron chi connectivity index (χ1n) is 9.40. The molecule has 0 bridgehead atoms. The van der Waals surface area contributed by atoms with E-state index >= 15 is 0 Å². The van der Waals surface area contributed by atoms with E-state index in [1.54, 1.807) is 7.11 Å². The predicted molar refractivity (Wildman–Crippen MR) is 100 cm³/mol. The second kappa shape index (κ2) is 10.8. The molecule has 1 heterocycles. The first-order chi connectivity index (χ1) is 12.6. The van der Waals surface area contributed by atoms with E-state index in [1.165, 1.54) is 0 Å². The van der Waals surface area contributed by atoms with Gasteiger partial charge >= 0.3 is 0 Å². The minimum Gasteiger partial charge on any atom is -0.497 e. The van der Waals surface area contributed by atoms with Crippen molar-refractivity contribution in [3.8, 4) is 5.75 Å². The van der Waals surface area contributed by atoms with Crippen LogP contribution in [0.25, 0.3) is 0 Å². The molecule has 1 aromatic carbocycles. The number of rotatable bonds is 10. The maximum absolute atomic E-state index is 12.3. The lowest BCUT2D eigenvalue weighted by atomic mass is 9.96. The molecule has 2 amide bonds. The zero-order valence-electron chi connectivity index (χ0n) is 15.8. The molecule has 1 aromatic rings. The van der Waals surface area contributed by atoms with E-state index in [-0.39, 0.29) is 17.7 Å². The van der Waals surface area contributed by atoms with Gasteiger partial charge in [-0.25, -0.2) is 0 Å². The molecule has 0 radical (unpaired) electrons. The van der Waals surface area contributed by atoms with Gasteiger partial charge in [-0.2, -0.15) is 0 Å². The Balaban J connectivity index is 1.77. The standard InChI is InChI=1S/C20H30N2O4/c1-3-26-14-4-12-21-20(24)17-7-10-19(23)22(15-17)13-11-16-5-8-18(25-2)9-6-16/h5-6,8-9,17H,3-4,7,10-15H2,1-2H3,(H,21,24). The number of nitrogens with zero attached hydrogens (tertiary/aromatic N) is 1. The lowest BCUT2D eigenvalue weighted by Crippen LogP contribution is -2.46. The monoisotopic (exact) mass is 362 g/mol. The van der Waals surface area contributed by atoms with Gasteiger partial charge in [-0.15, -0.1) is 0 Å². The highest BCUT2D eigenvalue weighted by molar-refractivity contribution is 5.83. The van der Waals surface area contributed by atoms with Gasteiger partial charge in [0, 0.05) is 39.3 Å². The van der Waals surface area contributed by atoms with Crippen molar-refractivity contribution in [2.45, 2.75) is 32.6 Å². The van der Waals surface area contributed by atoms with E-state index in [0.29, 0.717) is 45.7 Å². The number of hydrogen-bond acceptors (Lipinski definition) is 4. The highest BCUT2D eigenvalue weighted by Gasteiger charge is 2.29. The van der Waals surface area contributed by atoms with Crippen LogP contribution >= 0.6 is 0 Å². The van der Waals surface area contributed by atoms with E-state index < -0.39 is 0 Å². The summed E-state index contributed by atoms with van der Waals surface area (Å²) in [5, 5.41) is 2.96. The highest BCUT2D eigenvalue weighted by Crippen LogP contribution is 2.19. The molecular formula is C20H30N2O4. The zero-order chi connectivity index (χ0) is 18.8. The minimum absolute atomic E-state index is 0.0449. The Morgan fingerprint density at radius 3 is 2.77 bits per heavy atom. The van der Waals surface area contributed by atoms with Crippen LogP contribution in [-0.4, -0.2) is 56.7 Å². The number of nitrogens with one attached hydrogen (secondary N) is 1. The molecule has 1 fully saturated rings. The van der Waals surface area contributed by atoms with Crippen LogP contribution in [0.2, 0.25) is 0 Å². The Hall–Kier alpha value is -2.08. The molecule has 144 valence electrons. The Bertz CT molecular complexity index is 574. The number of amides is 2. The Labute approximate surface area is 155 Å². The first-order valence-corrected chi connectivity index (χ1v) is 9.40. The van der Waals surface area contributed by atoms with Gasteiger partial charge in [-0.1, -0.05) is 12.1 Å². The molecule has 1 aliphatic heterocycles. The van der Waals surface area contributed by atoms with Crippen molar-refractivity contribution in [2.24, 2.45) is 5.92 Å². The summed E-state index contributed by atoms with van der Waals surface area (Å²) in [4.78, 5) is 26.3. The summed E-state index contributed by atoms with van der Waals surface area (Å²) in [6, 6.07) is 7.86. The molecule has 1 saturated heterocycles. The second-order valence-corrected chi connectivity index (χ2v) is 6.51. The summed E-state index contributed by atoms with van der Waals surface area (Å²) in [6.07, 6.45) is 2.67. The summed E-state index contributed by atoms with van der Waals surface area (Å²) in [6.45, 7) is 5.08. The molecular weight excluding hydrogens is 332 g/mol. The van der Waals surface area contributed by atoms with E-state index in [0.717, 1.165) is 24.2 Å². The van der Waals surface area contributed by atoms with Crippen molar-refractivity contribution in [1.82, 2.24) is 10.2 Å². The first kappa shape index (κ1) is 20.2. The van der Waals surface area contributed by atoms with Crippen molar-refractivity contribution in [3.05, 3.63) is 29.8 Å². The van der Waals surface area contributed by atoms with Gasteiger partial charge in [0.2, 0.25) is 11.8 Å². The van der Waals surface area contributed by atoms with Crippen LogP contribution in [0.1, 0.15) is 31.7 Å². The number of carbonyl (C=O) groups is 2. The van der Waals surface area contributed by atoms with Crippen molar-refractivity contribution < 1.29 is 19.1 Å². The predicted octanol–water partition coefficient (Wildman–Crippen LogP) is 2.02. The number of piperidine rings is 1. The maximum atomic E-state index is 12.3. The fraction of sp³-hybridized carbons (Fsp3) is 0.600. The van der Waals surface area contributed by atoms with Crippen LogP contribution in [0.5, 0.6) is 5.75 Å². The third-order valence-electron chi connectivity index (χ3n) is 4.67. The van der Waals surface area contributed by atoms with Gasteiger partial charge in [0.1, 0.15) is 5.75 Å². The molecule has 2 rings (SSSR count). The highest BCUT2D eigenvalue weighted by atomic mass is 16.5. The van der Waals surface area contributed by atoms with Gasteiger partial charge in [-0.05, 0) is 43.9 Å². The molecule has 1 atom stereocenters. The van der Waals surface area contributed by atoms with Gasteiger partial charge in [0.05, 0.1) is 13.0 Å². The molecule has 6 nitrogen and oxygen atoms in total. The van der Waals surface area contributed by atoms with Crippen LogP contribution < -0.4 is 10.1 Å². The minimum atomic E-state index is -0.115. The van der Waals surface area contributed by atoms with Crippen molar-refractivity contribution in [3.63, 3.8) is 0 Å². The normalized spacial score (nSPS) is 17.2. The van der Waals surface area contributed by atoms with Crippen molar-refractivity contribution in [2.75, 3.05) is 40.0 Å². The lowest BCUT2D eigenvalue weighted by molar-refractivity contribution is -0.138. The summed E-state index contributed by atoms with van der Waals surface area (Å²) in [7, 11) is 1.64. The third kappa shape index (κ3) is 6.33.